The number of piperazine rings is 1. The third kappa shape index (κ3) is 4.73. The topological polar surface area (TPSA) is 70.2 Å². The molecule has 0 spiro atoms. The molecule has 0 aromatic heterocycles. The number of hydrogen-bond donors (Lipinski definition) is 3. The molecular formula is C12H23N3O2. The van der Waals surface area contributed by atoms with Crippen LogP contribution in [0.4, 0.5) is 0 Å². The Morgan fingerprint density at radius 1 is 1.53 bits per heavy atom. The Morgan fingerprint density at radius 3 is 2.76 bits per heavy atom. The molecule has 5 nitrogen and oxygen atoms in total. The molecule has 1 fully saturated rings. The highest BCUT2D eigenvalue weighted by Gasteiger charge is 2.24. The van der Waals surface area contributed by atoms with Crippen LogP contribution in [0.15, 0.2) is 0 Å². The van der Waals surface area contributed by atoms with Gasteiger partial charge in [0.25, 0.3) is 0 Å². The van der Waals surface area contributed by atoms with Crippen molar-refractivity contribution < 1.29 is 9.59 Å². The Labute approximate surface area is 103 Å². The van der Waals surface area contributed by atoms with Gasteiger partial charge in [0, 0.05) is 12.6 Å². The zero-order valence-corrected chi connectivity index (χ0v) is 10.9. The summed E-state index contributed by atoms with van der Waals surface area (Å²) in [6.07, 6.45) is 2.11. The van der Waals surface area contributed by atoms with Gasteiger partial charge in [-0.05, 0) is 19.3 Å². The molecule has 1 heterocycles. The average Bonchev–Trinajstić information content (AvgIpc) is 2.29. The monoisotopic (exact) mass is 241 g/mol. The molecule has 0 aliphatic carbocycles. The molecule has 0 saturated carbocycles. The summed E-state index contributed by atoms with van der Waals surface area (Å²) in [5, 5.41) is 8.57. The van der Waals surface area contributed by atoms with Crippen molar-refractivity contribution in [2.45, 2.75) is 45.7 Å². The SMILES string of the molecule is CCC(C)CC(C)NC(=O)C1CNC(=O)CN1. The predicted molar refractivity (Wildman–Crippen MR) is 66.5 cm³/mol. The first-order valence-electron chi connectivity index (χ1n) is 6.33. The van der Waals surface area contributed by atoms with Gasteiger partial charge in [-0.1, -0.05) is 20.3 Å². The van der Waals surface area contributed by atoms with Crippen LogP contribution >= 0.6 is 0 Å². The molecule has 0 aromatic rings. The van der Waals surface area contributed by atoms with E-state index >= 15 is 0 Å². The Kier molecular flexibility index (Phi) is 5.41. The van der Waals surface area contributed by atoms with Crippen LogP contribution in [0, 0.1) is 5.92 Å². The van der Waals surface area contributed by atoms with Crippen LogP contribution in [0.2, 0.25) is 0 Å². The fourth-order valence-electron chi connectivity index (χ4n) is 1.92. The van der Waals surface area contributed by atoms with Gasteiger partial charge in [-0.15, -0.1) is 0 Å². The Balaban J connectivity index is 2.30. The molecule has 0 radical (unpaired) electrons. The molecule has 1 aliphatic heterocycles. The minimum Gasteiger partial charge on any atom is -0.353 e. The maximum atomic E-state index is 11.9. The Hall–Kier alpha value is -1.10. The number of carbonyl (C=O) groups is 2. The van der Waals surface area contributed by atoms with Gasteiger partial charge < -0.3 is 10.6 Å². The summed E-state index contributed by atoms with van der Waals surface area (Å²) in [6.45, 7) is 6.95. The van der Waals surface area contributed by atoms with Gasteiger partial charge in [0.2, 0.25) is 11.8 Å². The average molecular weight is 241 g/mol. The normalized spacial score (nSPS) is 23.7. The van der Waals surface area contributed by atoms with Crippen LogP contribution in [-0.4, -0.2) is 37.0 Å². The molecule has 0 bridgehead atoms. The number of hydrogen-bond acceptors (Lipinski definition) is 3. The molecular weight excluding hydrogens is 218 g/mol. The van der Waals surface area contributed by atoms with E-state index in [1.54, 1.807) is 0 Å². The zero-order chi connectivity index (χ0) is 12.8. The van der Waals surface area contributed by atoms with Gasteiger partial charge in [0.15, 0.2) is 0 Å². The zero-order valence-electron chi connectivity index (χ0n) is 10.9. The number of nitrogens with one attached hydrogen (secondary N) is 3. The van der Waals surface area contributed by atoms with E-state index in [1.165, 1.54) is 0 Å². The lowest BCUT2D eigenvalue weighted by Gasteiger charge is -2.25. The molecule has 3 unspecified atom stereocenters. The highest BCUT2D eigenvalue weighted by atomic mass is 16.2. The fourth-order valence-corrected chi connectivity index (χ4v) is 1.92. The standard InChI is InChI=1S/C12H23N3O2/c1-4-8(2)5-9(3)15-12(17)10-6-14-11(16)7-13-10/h8-10,13H,4-7H2,1-3H3,(H,14,16)(H,15,17). The lowest BCUT2D eigenvalue weighted by atomic mass is 10.00. The number of carbonyl (C=O) groups excluding carboxylic acids is 2. The van der Waals surface area contributed by atoms with Crippen molar-refractivity contribution in [1.82, 2.24) is 16.0 Å². The first kappa shape index (κ1) is 14.0. The van der Waals surface area contributed by atoms with Crippen LogP contribution in [0.5, 0.6) is 0 Å². The van der Waals surface area contributed by atoms with Crippen molar-refractivity contribution in [2.75, 3.05) is 13.1 Å². The van der Waals surface area contributed by atoms with Crippen LogP contribution in [0.25, 0.3) is 0 Å². The van der Waals surface area contributed by atoms with Gasteiger partial charge >= 0.3 is 0 Å². The minimum atomic E-state index is -0.299. The lowest BCUT2D eigenvalue weighted by Crippen LogP contribution is -2.58. The molecule has 3 atom stereocenters. The van der Waals surface area contributed by atoms with E-state index in [-0.39, 0.29) is 30.4 Å². The highest BCUT2D eigenvalue weighted by molar-refractivity contribution is 5.86. The molecule has 3 N–H and O–H groups in total. The van der Waals surface area contributed by atoms with Gasteiger partial charge in [-0.2, -0.15) is 0 Å². The lowest BCUT2D eigenvalue weighted by molar-refractivity contribution is -0.127. The molecule has 0 aromatic carbocycles. The Morgan fingerprint density at radius 2 is 2.24 bits per heavy atom. The number of amides is 2. The second kappa shape index (κ2) is 6.59. The minimum absolute atomic E-state index is 0.0270. The second-order valence-corrected chi connectivity index (χ2v) is 4.90. The van der Waals surface area contributed by atoms with Crippen LogP contribution < -0.4 is 16.0 Å². The van der Waals surface area contributed by atoms with E-state index in [0.29, 0.717) is 12.5 Å². The summed E-state index contributed by atoms with van der Waals surface area (Å²) in [5.74, 6) is 0.534. The van der Waals surface area contributed by atoms with Crippen molar-refractivity contribution in [3.05, 3.63) is 0 Å². The molecule has 5 heteroatoms. The van der Waals surface area contributed by atoms with Crippen molar-refractivity contribution in [3.8, 4) is 0 Å². The van der Waals surface area contributed by atoms with Crippen molar-refractivity contribution in [2.24, 2.45) is 5.92 Å². The van der Waals surface area contributed by atoms with E-state index in [1.807, 2.05) is 6.92 Å². The summed E-state index contributed by atoms with van der Waals surface area (Å²) in [4.78, 5) is 22.8. The first-order chi connectivity index (χ1) is 8.02. The van der Waals surface area contributed by atoms with E-state index in [2.05, 4.69) is 29.8 Å². The molecule has 98 valence electrons. The molecule has 2 amide bonds. The molecule has 1 rings (SSSR count). The van der Waals surface area contributed by atoms with E-state index in [9.17, 15) is 9.59 Å². The van der Waals surface area contributed by atoms with E-state index in [4.69, 9.17) is 0 Å². The summed E-state index contributed by atoms with van der Waals surface area (Å²) in [7, 11) is 0. The fraction of sp³-hybridized carbons (Fsp3) is 0.833. The van der Waals surface area contributed by atoms with Gasteiger partial charge in [0.05, 0.1) is 6.54 Å². The molecule has 17 heavy (non-hydrogen) atoms. The number of rotatable bonds is 5. The van der Waals surface area contributed by atoms with Crippen molar-refractivity contribution in [3.63, 3.8) is 0 Å². The molecule has 1 saturated heterocycles. The highest BCUT2D eigenvalue weighted by Crippen LogP contribution is 2.09. The largest absolute Gasteiger partial charge is 0.353 e. The van der Waals surface area contributed by atoms with E-state index in [0.717, 1.165) is 12.8 Å². The maximum absolute atomic E-state index is 11.9. The Bertz CT molecular complexity index is 271. The summed E-state index contributed by atoms with van der Waals surface area (Å²) in [6, 6.07) is -0.121. The van der Waals surface area contributed by atoms with Crippen LogP contribution in [-0.2, 0) is 9.59 Å². The first-order valence-corrected chi connectivity index (χ1v) is 6.33. The van der Waals surface area contributed by atoms with Crippen molar-refractivity contribution >= 4 is 11.8 Å². The molecule has 1 aliphatic rings. The van der Waals surface area contributed by atoms with Gasteiger partial charge in [0.1, 0.15) is 6.04 Å². The van der Waals surface area contributed by atoms with E-state index < -0.39 is 0 Å². The quantitative estimate of drug-likeness (QED) is 0.635. The van der Waals surface area contributed by atoms with Crippen LogP contribution in [0.1, 0.15) is 33.6 Å². The summed E-state index contributed by atoms with van der Waals surface area (Å²) >= 11 is 0. The predicted octanol–water partition coefficient (Wildman–Crippen LogP) is 0.0153. The van der Waals surface area contributed by atoms with Gasteiger partial charge in [-0.25, -0.2) is 0 Å². The summed E-state index contributed by atoms with van der Waals surface area (Å²) in [5.41, 5.74) is 0. The maximum Gasteiger partial charge on any atom is 0.239 e. The summed E-state index contributed by atoms with van der Waals surface area (Å²) < 4.78 is 0. The second-order valence-electron chi connectivity index (χ2n) is 4.90. The third-order valence-corrected chi connectivity index (χ3v) is 3.17. The van der Waals surface area contributed by atoms with Crippen molar-refractivity contribution in [1.29, 1.82) is 0 Å². The smallest absolute Gasteiger partial charge is 0.239 e. The van der Waals surface area contributed by atoms with Crippen LogP contribution in [0.3, 0.4) is 0 Å². The third-order valence-electron chi connectivity index (χ3n) is 3.17. The van der Waals surface area contributed by atoms with Gasteiger partial charge in [-0.3, -0.25) is 14.9 Å².